The molecule has 1 unspecified atom stereocenters. The maximum atomic E-state index is 10.2. The predicted molar refractivity (Wildman–Crippen MR) is 71.1 cm³/mol. The molecule has 2 aromatic rings. The second-order valence-corrected chi connectivity index (χ2v) is 4.85. The van der Waals surface area contributed by atoms with Crippen LogP contribution in [0.1, 0.15) is 36.9 Å². The number of benzene rings is 1. The molecule has 94 valence electrons. The Balaban J connectivity index is 2.23. The molecular weight excluding hydrogens is 224 g/mol. The van der Waals surface area contributed by atoms with Crippen molar-refractivity contribution < 1.29 is 5.11 Å². The molecule has 0 amide bonds. The molecule has 1 aromatic heterocycles. The minimum Gasteiger partial charge on any atom is -0.380 e. The van der Waals surface area contributed by atoms with Crippen molar-refractivity contribution in [2.45, 2.75) is 26.4 Å². The van der Waals surface area contributed by atoms with Gasteiger partial charge in [0.25, 0.3) is 0 Å². The standard InChI is InChI=1S/C15H18N2O/c1-11(2)9-12-5-3-6-13(10-12)14(18)15-16-7-4-8-17-15/h3-8,10-11,14,18H,9H2,1-2H3. The molecule has 1 atom stereocenters. The minimum atomic E-state index is -0.752. The van der Waals surface area contributed by atoms with Crippen LogP contribution in [0.4, 0.5) is 0 Å². The fraction of sp³-hybridized carbons (Fsp3) is 0.333. The van der Waals surface area contributed by atoms with Crippen molar-refractivity contribution in [3.63, 3.8) is 0 Å². The molecule has 1 heterocycles. The third-order valence-electron chi connectivity index (χ3n) is 2.74. The topological polar surface area (TPSA) is 46.0 Å². The number of hydrogen-bond donors (Lipinski definition) is 1. The van der Waals surface area contributed by atoms with E-state index in [4.69, 9.17) is 0 Å². The lowest BCUT2D eigenvalue weighted by Gasteiger charge is -2.11. The molecule has 0 aliphatic carbocycles. The lowest BCUT2D eigenvalue weighted by atomic mass is 9.99. The van der Waals surface area contributed by atoms with Gasteiger partial charge in [-0.25, -0.2) is 9.97 Å². The van der Waals surface area contributed by atoms with Crippen LogP contribution in [-0.2, 0) is 6.42 Å². The first-order valence-corrected chi connectivity index (χ1v) is 6.20. The van der Waals surface area contributed by atoms with E-state index in [-0.39, 0.29) is 0 Å². The fourth-order valence-electron chi connectivity index (χ4n) is 1.96. The van der Waals surface area contributed by atoms with E-state index in [1.54, 1.807) is 18.5 Å². The van der Waals surface area contributed by atoms with Crippen molar-refractivity contribution in [1.82, 2.24) is 9.97 Å². The summed E-state index contributed by atoms with van der Waals surface area (Å²) in [5.41, 5.74) is 2.08. The highest BCUT2D eigenvalue weighted by Crippen LogP contribution is 2.20. The molecular formula is C15H18N2O. The molecule has 1 aromatic carbocycles. The van der Waals surface area contributed by atoms with E-state index in [9.17, 15) is 5.11 Å². The number of aromatic nitrogens is 2. The number of rotatable bonds is 4. The zero-order valence-electron chi connectivity index (χ0n) is 10.7. The average molecular weight is 242 g/mol. The first-order chi connectivity index (χ1) is 8.66. The molecule has 3 nitrogen and oxygen atoms in total. The number of aliphatic hydroxyl groups excluding tert-OH is 1. The minimum absolute atomic E-state index is 0.444. The van der Waals surface area contributed by atoms with Crippen molar-refractivity contribution >= 4 is 0 Å². The molecule has 0 aliphatic rings. The number of hydrogen-bond acceptors (Lipinski definition) is 3. The van der Waals surface area contributed by atoms with Crippen LogP contribution in [0.3, 0.4) is 0 Å². The van der Waals surface area contributed by atoms with Gasteiger partial charge in [-0.15, -0.1) is 0 Å². The van der Waals surface area contributed by atoms with E-state index in [0.29, 0.717) is 11.7 Å². The Kier molecular flexibility index (Phi) is 4.05. The van der Waals surface area contributed by atoms with Gasteiger partial charge < -0.3 is 5.11 Å². The van der Waals surface area contributed by atoms with Gasteiger partial charge in [0.2, 0.25) is 0 Å². The molecule has 0 saturated heterocycles. The first-order valence-electron chi connectivity index (χ1n) is 6.20. The zero-order valence-corrected chi connectivity index (χ0v) is 10.7. The highest BCUT2D eigenvalue weighted by atomic mass is 16.3. The molecule has 0 saturated carbocycles. The molecule has 0 radical (unpaired) electrons. The summed E-state index contributed by atoms with van der Waals surface area (Å²) in [6, 6.07) is 9.73. The van der Waals surface area contributed by atoms with E-state index in [1.807, 2.05) is 18.2 Å². The molecule has 3 heteroatoms. The molecule has 2 rings (SSSR count). The Hall–Kier alpha value is -1.74. The summed E-state index contributed by atoms with van der Waals surface area (Å²) >= 11 is 0. The van der Waals surface area contributed by atoms with Crippen LogP contribution < -0.4 is 0 Å². The van der Waals surface area contributed by atoms with Crippen LogP contribution in [0, 0.1) is 5.92 Å². The highest BCUT2D eigenvalue weighted by Gasteiger charge is 2.13. The van der Waals surface area contributed by atoms with Crippen LogP contribution in [0.5, 0.6) is 0 Å². The monoisotopic (exact) mass is 242 g/mol. The van der Waals surface area contributed by atoms with Crippen molar-refractivity contribution in [3.8, 4) is 0 Å². The third kappa shape index (κ3) is 3.14. The Morgan fingerprint density at radius 1 is 1.11 bits per heavy atom. The SMILES string of the molecule is CC(C)Cc1cccc(C(O)c2ncccn2)c1. The predicted octanol–water partition coefficient (Wildman–Crippen LogP) is 2.76. The quantitative estimate of drug-likeness (QED) is 0.896. The molecule has 0 aliphatic heterocycles. The Morgan fingerprint density at radius 3 is 2.50 bits per heavy atom. The number of aliphatic hydroxyl groups is 1. The molecule has 18 heavy (non-hydrogen) atoms. The van der Waals surface area contributed by atoms with Crippen molar-refractivity contribution in [3.05, 3.63) is 59.7 Å². The summed E-state index contributed by atoms with van der Waals surface area (Å²) in [6.07, 6.45) is 3.54. The second kappa shape index (κ2) is 5.74. The summed E-state index contributed by atoms with van der Waals surface area (Å²) in [5, 5.41) is 10.2. The second-order valence-electron chi connectivity index (χ2n) is 4.85. The fourth-order valence-corrected chi connectivity index (χ4v) is 1.96. The highest BCUT2D eigenvalue weighted by molar-refractivity contribution is 5.28. The van der Waals surface area contributed by atoms with Gasteiger partial charge in [0, 0.05) is 12.4 Å². The van der Waals surface area contributed by atoms with E-state index >= 15 is 0 Å². The first kappa shape index (κ1) is 12.7. The van der Waals surface area contributed by atoms with Gasteiger partial charge in [0.05, 0.1) is 0 Å². The van der Waals surface area contributed by atoms with Gasteiger partial charge in [0.1, 0.15) is 6.10 Å². The Labute approximate surface area is 108 Å². The van der Waals surface area contributed by atoms with Gasteiger partial charge >= 0.3 is 0 Å². The maximum absolute atomic E-state index is 10.2. The van der Waals surface area contributed by atoms with E-state index in [2.05, 4.69) is 29.9 Å². The maximum Gasteiger partial charge on any atom is 0.161 e. The van der Waals surface area contributed by atoms with Gasteiger partial charge in [0.15, 0.2) is 5.82 Å². The third-order valence-corrected chi connectivity index (χ3v) is 2.74. The summed E-state index contributed by atoms with van der Waals surface area (Å²) < 4.78 is 0. The van der Waals surface area contributed by atoms with Crippen LogP contribution >= 0.6 is 0 Å². The van der Waals surface area contributed by atoms with Crippen molar-refractivity contribution in [2.24, 2.45) is 5.92 Å². The summed E-state index contributed by atoms with van der Waals surface area (Å²) in [5.74, 6) is 1.05. The zero-order chi connectivity index (χ0) is 13.0. The lowest BCUT2D eigenvalue weighted by Crippen LogP contribution is -2.05. The number of nitrogens with zero attached hydrogens (tertiary/aromatic N) is 2. The van der Waals surface area contributed by atoms with Gasteiger partial charge in [-0.2, -0.15) is 0 Å². The van der Waals surface area contributed by atoms with Crippen LogP contribution in [0.2, 0.25) is 0 Å². The van der Waals surface area contributed by atoms with E-state index in [0.717, 1.165) is 12.0 Å². The largest absolute Gasteiger partial charge is 0.380 e. The van der Waals surface area contributed by atoms with Crippen molar-refractivity contribution in [1.29, 1.82) is 0 Å². The normalized spacial score (nSPS) is 12.7. The molecule has 0 bridgehead atoms. The van der Waals surface area contributed by atoms with E-state index < -0.39 is 6.10 Å². The molecule has 0 spiro atoms. The summed E-state index contributed by atoms with van der Waals surface area (Å²) in [6.45, 7) is 4.37. The van der Waals surface area contributed by atoms with Gasteiger partial charge in [-0.05, 0) is 29.5 Å². The molecule has 1 N–H and O–H groups in total. The van der Waals surface area contributed by atoms with E-state index in [1.165, 1.54) is 5.56 Å². The molecule has 0 fully saturated rings. The van der Waals surface area contributed by atoms with Crippen LogP contribution in [0.25, 0.3) is 0 Å². The summed E-state index contributed by atoms with van der Waals surface area (Å²) in [4.78, 5) is 8.17. The van der Waals surface area contributed by atoms with Gasteiger partial charge in [-0.1, -0.05) is 38.1 Å². The van der Waals surface area contributed by atoms with Gasteiger partial charge in [-0.3, -0.25) is 0 Å². The Morgan fingerprint density at radius 2 is 1.83 bits per heavy atom. The smallest absolute Gasteiger partial charge is 0.161 e. The lowest BCUT2D eigenvalue weighted by molar-refractivity contribution is 0.209. The Bertz CT molecular complexity index is 497. The van der Waals surface area contributed by atoms with Crippen molar-refractivity contribution in [2.75, 3.05) is 0 Å². The average Bonchev–Trinajstić information content (AvgIpc) is 2.38. The summed E-state index contributed by atoms with van der Waals surface area (Å²) in [7, 11) is 0. The van der Waals surface area contributed by atoms with Crippen LogP contribution in [0.15, 0.2) is 42.7 Å². The van der Waals surface area contributed by atoms with Crippen LogP contribution in [-0.4, -0.2) is 15.1 Å².